The Kier molecular flexibility index (Phi) is 4.75. The Hall–Kier alpha value is -2.58. The van der Waals surface area contributed by atoms with Gasteiger partial charge >= 0.3 is 0 Å². The predicted molar refractivity (Wildman–Crippen MR) is 102 cm³/mol. The molecule has 0 saturated heterocycles. The van der Waals surface area contributed by atoms with E-state index in [0.29, 0.717) is 31.2 Å². The predicted octanol–water partition coefficient (Wildman–Crippen LogP) is 2.25. The van der Waals surface area contributed by atoms with Crippen LogP contribution >= 0.6 is 0 Å². The third-order valence-corrected chi connectivity index (χ3v) is 6.54. The Morgan fingerprint density at radius 1 is 0.963 bits per heavy atom. The minimum atomic E-state index is -3.67. The molecule has 0 radical (unpaired) electrons. The van der Waals surface area contributed by atoms with Crippen LogP contribution in [0.4, 0.5) is 0 Å². The number of nitrogens with zero attached hydrogens (tertiary/aromatic N) is 3. The molecule has 140 valence electrons. The van der Waals surface area contributed by atoms with Crippen molar-refractivity contribution in [1.82, 2.24) is 19.5 Å². The van der Waals surface area contributed by atoms with Gasteiger partial charge in [0.25, 0.3) is 5.56 Å². The van der Waals surface area contributed by atoms with Crippen LogP contribution in [0, 0.1) is 0 Å². The second-order valence-corrected chi connectivity index (χ2v) is 8.45. The summed E-state index contributed by atoms with van der Waals surface area (Å²) in [6.45, 7) is 0. The van der Waals surface area contributed by atoms with Crippen molar-refractivity contribution < 1.29 is 8.42 Å². The van der Waals surface area contributed by atoms with E-state index in [2.05, 4.69) is 14.8 Å². The highest BCUT2D eigenvalue weighted by Crippen LogP contribution is 2.28. The molecule has 0 amide bonds. The first-order chi connectivity index (χ1) is 13.0. The average Bonchev–Trinajstić information content (AvgIpc) is 2.68. The SMILES string of the molecule is O=c1cccnn1C1CCC(NS(=O)(=O)c2cccc3cccnc23)CC1. The van der Waals surface area contributed by atoms with Crippen LogP contribution < -0.4 is 10.3 Å². The van der Waals surface area contributed by atoms with Gasteiger partial charge in [0.1, 0.15) is 4.90 Å². The Morgan fingerprint density at radius 2 is 1.70 bits per heavy atom. The van der Waals surface area contributed by atoms with Crippen molar-refractivity contribution in [3.8, 4) is 0 Å². The molecule has 3 aromatic rings. The molecule has 1 aliphatic rings. The number of benzene rings is 1. The lowest BCUT2D eigenvalue weighted by Gasteiger charge is -2.29. The van der Waals surface area contributed by atoms with Crippen LogP contribution in [0.3, 0.4) is 0 Å². The number of hydrogen-bond donors (Lipinski definition) is 1. The molecule has 1 aromatic carbocycles. The maximum absolute atomic E-state index is 12.9. The summed E-state index contributed by atoms with van der Waals surface area (Å²) >= 11 is 0. The number of fused-ring (bicyclic) bond motifs is 1. The normalized spacial score (nSPS) is 20.6. The van der Waals surface area contributed by atoms with E-state index in [9.17, 15) is 13.2 Å². The molecule has 1 N–H and O–H groups in total. The summed E-state index contributed by atoms with van der Waals surface area (Å²) in [5.41, 5.74) is 0.351. The minimum absolute atomic E-state index is 0.0127. The van der Waals surface area contributed by atoms with Gasteiger partial charge in [0, 0.05) is 29.9 Å². The molecule has 1 fully saturated rings. The van der Waals surface area contributed by atoms with Gasteiger partial charge in [-0.1, -0.05) is 18.2 Å². The Labute approximate surface area is 157 Å². The van der Waals surface area contributed by atoms with Gasteiger partial charge in [0.15, 0.2) is 0 Å². The first-order valence-corrected chi connectivity index (χ1v) is 10.4. The van der Waals surface area contributed by atoms with Crippen LogP contribution in [0.5, 0.6) is 0 Å². The fourth-order valence-electron chi connectivity index (χ4n) is 3.66. The van der Waals surface area contributed by atoms with Crippen molar-refractivity contribution in [3.63, 3.8) is 0 Å². The number of pyridine rings is 1. The fraction of sp³-hybridized carbons (Fsp3) is 0.316. The Bertz CT molecular complexity index is 1110. The molecule has 0 spiro atoms. The third-order valence-electron chi connectivity index (χ3n) is 4.99. The molecule has 0 atom stereocenters. The van der Waals surface area contributed by atoms with Crippen molar-refractivity contribution in [2.45, 2.75) is 42.7 Å². The van der Waals surface area contributed by atoms with Gasteiger partial charge in [-0.15, -0.1) is 0 Å². The second-order valence-electron chi connectivity index (χ2n) is 6.76. The van der Waals surface area contributed by atoms with Crippen LogP contribution in [-0.2, 0) is 10.0 Å². The van der Waals surface area contributed by atoms with Gasteiger partial charge in [-0.05, 0) is 43.9 Å². The van der Waals surface area contributed by atoms with Crippen molar-refractivity contribution in [1.29, 1.82) is 0 Å². The van der Waals surface area contributed by atoms with Gasteiger partial charge < -0.3 is 0 Å². The Morgan fingerprint density at radius 3 is 2.48 bits per heavy atom. The molecular weight excluding hydrogens is 364 g/mol. The summed E-state index contributed by atoms with van der Waals surface area (Å²) in [5, 5.41) is 4.93. The summed E-state index contributed by atoms with van der Waals surface area (Å²) in [6, 6.07) is 11.7. The van der Waals surface area contributed by atoms with E-state index >= 15 is 0 Å². The zero-order valence-electron chi connectivity index (χ0n) is 14.7. The molecule has 1 saturated carbocycles. The average molecular weight is 384 g/mol. The number of sulfonamides is 1. The number of para-hydroxylation sites is 1. The lowest BCUT2D eigenvalue weighted by molar-refractivity contribution is 0.285. The van der Waals surface area contributed by atoms with Crippen LogP contribution in [0.25, 0.3) is 10.9 Å². The first-order valence-electron chi connectivity index (χ1n) is 8.94. The molecule has 2 heterocycles. The van der Waals surface area contributed by atoms with Gasteiger partial charge in [0.2, 0.25) is 10.0 Å². The van der Waals surface area contributed by atoms with E-state index < -0.39 is 10.0 Å². The summed E-state index contributed by atoms with van der Waals surface area (Å²) in [5.74, 6) is 0. The zero-order chi connectivity index (χ0) is 18.9. The molecule has 27 heavy (non-hydrogen) atoms. The largest absolute Gasteiger partial charge is 0.268 e. The number of nitrogens with one attached hydrogen (secondary N) is 1. The summed E-state index contributed by atoms with van der Waals surface area (Å²) in [4.78, 5) is 16.4. The maximum Gasteiger partial charge on any atom is 0.266 e. The highest BCUT2D eigenvalue weighted by Gasteiger charge is 2.28. The van der Waals surface area contributed by atoms with Gasteiger partial charge in [-0.2, -0.15) is 5.10 Å². The molecule has 0 bridgehead atoms. The van der Waals surface area contributed by atoms with Crippen LogP contribution in [-0.4, -0.2) is 29.2 Å². The summed E-state index contributed by atoms with van der Waals surface area (Å²) in [6.07, 6.45) is 5.92. The Balaban J connectivity index is 1.50. The van der Waals surface area contributed by atoms with Crippen LogP contribution in [0.2, 0.25) is 0 Å². The highest BCUT2D eigenvalue weighted by atomic mass is 32.2. The molecule has 0 unspecified atom stereocenters. The molecule has 0 aliphatic heterocycles. The molecular formula is C19H20N4O3S. The molecule has 8 heteroatoms. The van der Waals surface area contributed by atoms with E-state index in [1.807, 2.05) is 12.1 Å². The number of rotatable bonds is 4. The topological polar surface area (TPSA) is 94.0 Å². The monoisotopic (exact) mass is 384 g/mol. The molecule has 1 aliphatic carbocycles. The maximum atomic E-state index is 12.9. The van der Waals surface area contributed by atoms with Crippen molar-refractivity contribution >= 4 is 20.9 Å². The van der Waals surface area contributed by atoms with Crippen LogP contribution in [0.1, 0.15) is 31.7 Å². The smallest absolute Gasteiger partial charge is 0.266 e. The van der Waals surface area contributed by atoms with E-state index in [4.69, 9.17) is 0 Å². The van der Waals surface area contributed by atoms with Gasteiger partial charge in [-0.3, -0.25) is 9.78 Å². The van der Waals surface area contributed by atoms with Gasteiger partial charge in [-0.25, -0.2) is 17.8 Å². The summed E-state index contributed by atoms with van der Waals surface area (Å²) in [7, 11) is -3.67. The third kappa shape index (κ3) is 3.63. The summed E-state index contributed by atoms with van der Waals surface area (Å²) < 4.78 is 30.1. The minimum Gasteiger partial charge on any atom is -0.268 e. The van der Waals surface area contributed by atoms with E-state index in [-0.39, 0.29) is 22.5 Å². The lowest BCUT2D eigenvalue weighted by Crippen LogP contribution is -2.39. The van der Waals surface area contributed by atoms with E-state index in [0.717, 1.165) is 5.39 Å². The molecule has 7 nitrogen and oxygen atoms in total. The number of aromatic nitrogens is 3. The van der Waals surface area contributed by atoms with Crippen molar-refractivity contribution in [3.05, 3.63) is 65.2 Å². The van der Waals surface area contributed by atoms with Crippen molar-refractivity contribution in [2.24, 2.45) is 0 Å². The van der Waals surface area contributed by atoms with E-state index in [1.54, 1.807) is 36.7 Å². The standard InChI is InChI=1S/C19H20N4O3S/c24-18-7-3-13-21-23(18)16-10-8-15(9-11-16)22-27(25,26)17-6-1-4-14-5-2-12-20-19(14)17/h1-7,12-13,15-16,22H,8-11H2. The number of hydrogen-bond acceptors (Lipinski definition) is 5. The zero-order valence-corrected chi connectivity index (χ0v) is 15.5. The second kappa shape index (κ2) is 7.21. The van der Waals surface area contributed by atoms with Gasteiger partial charge in [0.05, 0.1) is 11.6 Å². The quantitative estimate of drug-likeness (QED) is 0.745. The first kappa shape index (κ1) is 17.8. The highest BCUT2D eigenvalue weighted by molar-refractivity contribution is 7.89. The van der Waals surface area contributed by atoms with Crippen molar-refractivity contribution in [2.75, 3.05) is 0 Å². The molecule has 4 rings (SSSR count). The lowest BCUT2D eigenvalue weighted by atomic mass is 9.92. The molecule has 2 aromatic heterocycles. The van der Waals surface area contributed by atoms with E-state index in [1.165, 1.54) is 10.7 Å². The fourth-order valence-corrected chi connectivity index (χ4v) is 5.14. The van der Waals surface area contributed by atoms with Crippen LogP contribution in [0.15, 0.2) is 64.5 Å².